The van der Waals surface area contributed by atoms with Gasteiger partial charge in [0.25, 0.3) is 0 Å². The Morgan fingerprint density at radius 3 is 2.53 bits per heavy atom. The molecule has 2 fully saturated rings. The predicted molar refractivity (Wildman–Crippen MR) is 139 cm³/mol. The van der Waals surface area contributed by atoms with Gasteiger partial charge in [0, 0.05) is 18.7 Å². The lowest BCUT2D eigenvalue weighted by Gasteiger charge is -2.21. The number of hydrogen-bond acceptors (Lipinski definition) is 4. The van der Waals surface area contributed by atoms with Gasteiger partial charge in [-0.1, -0.05) is 36.4 Å². The van der Waals surface area contributed by atoms with Crippen LogP contribution < -0.4 is 20.1 Å². The zero-order valence-corrected chi connectivity index (χ0v) is 20.6. The second-order valence-corrected chi connectivity index (χ2v) is 9.79. The van der Waals surface area contributed by atoms with Gasteiger partial charge < -0.3 is 14.4 Å². The molecule has 0 unspecified atom stereocenters. The van der Waals surface area contributed by atoms with Crippen molar-refractivity contribution in [1.82, 2.24) is 9.13 Å². The van der Waals surface area contributed by atoms with Crippen LogP contribution in [0.25, 0.3) is 11.0 Å². The molecule has 1 saturated heterocycles. The van der Waals surface area contributed by atoms with Crippen LogP contribution >= 0.6 is 0 Å². The maximum atomic E-state index is 14.7. The number of ether oxygens (including phenoxy) is 2. The van der Waals surface area contributed by atoms with Crippen molar-refractivity contribution < 1.29 is 13.9 Å². The van der Waals surface area contributed by atoms with E-state index in [-0.39, 0.29) is 23.7 Å². The van der Waals surface area contributed by atoms with E-state index in [4.69, 9.17) is 9.47 Å². The molecular weight excluding hydrogens is 457 g/mol. The van der Waals surface area contributed by atoms with Crippen LogP contribution in [0.3, 0.4) is 0 Å². The van der Waals surface area contributed by atoms with Crippen molar-refractivity contribution >= 4 is 16.7 Å². The Bertz CT molecular complexity index is 1470. The maximum absolute atomic E-state index is 14.7. The van der Waals surface area contributed by atoms with E-state index in [0.717, 1.165) is 47.2 Å². The van der Waals surface area contributed by atoms with Crippen LogP contribution in [0, 0.1) is 12.7 Å². The molecule has 0 spiro atoms. The Morgan fingerprint density at radius 1 is 0.972 bits per heavy atom. The molecule has 1 aromatic heterocycles. The van der Waals surface area contributed by atoms with E-state index in [1.807, 2.05) is 60.0 Å². The molecule has 3 aromatic carbocycles. The highest BCUT2D eigenvalue weighted by Crippen LogP contribution is 2.35. The smallest absolute Gasteiger partial charge is 0.329 e. The predicted octanol–water partition coefficient (Wildman–Crippen LogP) is 5.30. The molecule has 36 heavy (non-hydrogen) atoms. The molecule has 186 valence electrons. The monoisotopic (exact) mass is 487 g/mol. The summed E-state index contributed by atoms with van der Waals surface area (Å²) in [5, 5.41) is 0. The third-order valence-corrected chi connectivity index (χ3v) is 7.32. The van der Waals surface area contributed by atoms with Crippen molar-refractivity contribution in [2.45, 2.75) is 44.9 Å². The molecule has 2 heterocycles. The Balaban J connectivity index is 1.42. The van der Waals surface area contributed by atoms with Gasteiger partial charge in [0.1, 0.15) is 22.8 Å². The Kier molecular flexibility index (Phi) is 5.70. The first kappa shape index (κ1) is 22.7. The first-order valence-corrected chi connectivity index (χ1v) is 12.6. The summed E-state index contributed by atoms with van der Waals surface area (Å²) in [6, 6.07) is 18.8. The molecule has 2 aliphatic rings. The number of hydrogen-bond donors (Lipinski definition) is 0. The Hall–Kier alpha value is -3.74. The third-order valence-electron chi connectivity index (χ3n) is 7.32. The largest absolute Gasteiger partial charge is 0.494 e. The molecule has 1 atom stereocenters. The average Bonchev–Trinajstić information content (AvgIpc) is 3.49. The fraction of sp³-hybridized carbons (Fsp3) is 0.345. The minimum absolute atomic E-state index is 0.0784. The molecule has 6 rings (SSSR count). The summed E-state index contributed by atoms with van der Waals surface area (Å²) in [5.41, 5.74) is 4.00. The van der Waals surface area contributed by atoms with Gasteiger partial charge in [0.2, 0.25) is 0 Å². The summed E-state index contributed by atoms with van der Waals surface area (Å²) in [4.78, 5) is 16.1. The number of aryl methyl sites for hydroxylation is 1. The molecule has 6 nitrogen and oxygen atoms in total. The van der Waals surface area contributed by atoms with Crippen LogP contribution in [0.15, 0.2) is 65.5 Å². The van der Waals surface area contributed by atoms with Gasteiger partial charge in [-0.05, 0) is 56.0 Å². The highest BCUT2D eigenvalue weighted by Gasteiger charge is 2.31. The second-order valence-electron chi connectivity index (χ2n) is 9.79. The number of para-hydroxylation sites is 3. The van der Waals surface area contributed by atoms with Crippen LogP contribution in [0.2, 0.25) is 0 Å². The minimum Gasteiger partial charge on any atom is -0.494 e. The SMILES string of the molecule is COc1cccc2c1n(Cc1ccccc1OC1CC1)c(=O)n2[C@@H]1CCN(c2c(C)cccc2F)C1. The van der Waals surface area contributed by atoms with E-state index < -0.39 is 0 Å². The first-order chi connectivity index (χ1) is 17.5. The molecule has 0 N–H and O–H groups in total. The van der Waals surface area contributed by atoms with Crippen LogP contribution in [-0.2, 0) is 6.54 Å². The number of aromatic nitrogens is 2. The molecular formula is C29H30FN3O3. The Morgan fingerprint density at radius 2 is 1.75 bits per heavy atom. The van der Waals surface area contributed by atoms with E-state index in [2.05, 4.69) is 4.90 Å². The number of halogens is 1. The van der Waals surface area contributed by atoms with Crippen LogP contribution in [0.4, 0.5) is 10.1 Å². The van der Waals surface area contributed by atoms with Gasteiger partial charge in [-0.3, -0.25) is 9.13 Å². The summed E-state index contributed by atoms with van der Waals surface area (Å²) in [7, 11) is 1.63. The number of rotatable bonds is 7. The minimum atomic E-state index is -0.223. The number of nitrogens with zero attached hydrogens (tertiary/aromatic N) is 3. The van der Waals surface area contributed by atoms with Crippen LogP contribution in [-0.4, -0.2) is 35.4 Å². The maximum Gasteiger partial charge on any atom is 0.329 e. The van der Waals surface area contributed by atoms with Gasteiger partial charge in [-0.15, -0.1) is 0 Å². The average molecular weight is 488 g/mol. The zero-order valence-electron chi connectivity index (χ0n) is 20.6. The standard InChI is InChI=1S/C29H30FN3O3/c1-19-7-5-9-23(30)27(19)31-16-15-21(18-31)33-24-10-6-12-26(35-2)28(24)32(29(33)34)17-20-8-3-4-11-25(20)36-22-13-14-22/h3-12,21-22H,13-18H2,1-2H3/t21-/m1/s1. The van der Waals surface area contributed by atoms with Crippen molar-refractivity contribution in [2.75, 3.05) is 25.1 Å². The van der Waals surface area contributed by atoms with Crippen molar-refractivity contribution in [3.8, 4) is 11.5 Å². The fourth-order valence-electron chi connectivity index (χ4n) is 5.43. The Labute approximate surface area is 209 Å². The molecule has 4 aromatic rings. The van der Waals surface area contributed by atoms with Gasteiger partial charge in [-0.25, -0.2) is 9.18 Å². The normalized spacial score (nSPS) is 17.6. The number of imidazole rings is 1. The van der Waals surface area contributed by atoms with Crippen molar-refractivity contribution in [1.29, 1.82) is 0 Å². The molecule has 0 bridgehead atoms. The van der Waals surface area contributed by atoms with Crippen LogP contribution in [0.5, 0.6) is 11.5 Å². The molecule has 1 saturated carbocycles. The number of anilines is 1. The fourth-order valence-corrected chi connectivity index (χ4v) is 5.43. The number of methoxy groups -OCH3 is 1. The molecule has 1 aliphatic carbocycles. The van der Waals surface area contributed by atoms with E-state index in [1.165, 1.54) is 6.07 Å². The van der Waals surface area contributed by atoms with Crippen molar-refractivity contribution in [3.05, 3.63) is 88.1 Å². The summed E-state index contributed by atoms with van der Waals surface area (Å²) in [6.07, 6.45) is 3.16. The van der Waals surface area contributed by atoms with Crippen molar-refractivity contribution in [2.24, 2.45) is 0 Å². The topological polar surface area (TPSA) is 48.6 Å². The van der Waals surface area contributed by atoms with Crippen LogP contribution in [0.1, 0.15) is 36.4 Å². The number of benzene rings is 3. The van der Waals surface area contributed by atoms with Gasteiger partial charge >= 0.3 is 5.69 Å². The molecule has 0 radical (unpaired) electrons. The van der Waals surface area contributed by atoms with Gasteiger partial charge in [0.05, 0.1) is 37.0 Å². The highest BCUT2D eigenvalue weighted by molar-refractivity contribution is 5.83. The van der Waals surface area contributed by atoms with E-state index in [1.54, 1.807) is 17.7 Å². The second kappa shape index (κ2) is 9.04. The summed E-state index contributed by atoms with van der Waals surface area (Å²) >= 11 is 0. The molecule has 7 heteroatoms. The van der Waals surface area contributed by atoms with Gasteiger partial charge in [0.15, 0.2) is 0 Å². The summed E-state index contributed by atoms with van der Waals surface area (Å²) in [5.74, 6) is 1.26. The molecule has 0 amide bonds. The highest BCUT2D eigenvalue weighted by atomic mass is 19.1. The lowest BCUT2D eigenvalue weighted by molar-refractivity contribution is 0.299. The lowest BCUT2D eigenvalue weighted by atomic mass is 10.2. The first-order valence-electron chi connectivity index (χ1n) is 12.6. The summed E-state index contributed by atoms with van der Waals surface area (Å²) in [6.45, 7) is 3.57. The third kappa shape index (κ3) is 3.92. The van der Waals surface area contributed by atoms with E-state index in [9.17, 15) is 9.18 Å². The number of fused-ring (bicyclic) bond motifs is 1. The van der Waals surface area contributed by atoms with E-state index in [0.29, 0.717) is 31.1 Å². The molecule has 1 aliphatic heterocycles. The quantitative estimate of drug-likeness (QED) is 0.355. The summed E-state index contributed by atoms with van der Waals surface area (Å²) < 4.78 is 30.2. The zero-order chi connectivity index (χ0) is 24.8. The van der Waals surface area contributed by atoms with E-state index >= 15 is 0 Å². The van der Waals surface area contributed by atoms with Crippen molar-refractivity contribution in [3.63, 3.8) is 0 Å². The van der Waals surface area contributed by atoms with Gasteiger partial charge in [-0.2, -0.15) is 0 Å². The lowest BCUT2D eigenvalue weighted by Crippen LogP contribution is -2.30.